The number of nitrogen functional groups attached to an aromatic ring is 2. The van der Waals surface area contributed by atoms with Crippen LogP contribution in [-0.4, -0.2) is 0 Å². The lowest BCUT2D eigenvalue weighted by molar-refractivity contribution is -0.623. The Labute approximate surface area is 70.7 Å². The lowest BCUT2D eigenvalue weighted by Crippen LogP contribution is -3.00. The number of pyridine rings is 1. The molecular weight excluding hydrogens is 229 g/mol. The summed E-state index contributed by atoms with van der Waals surface area (Å²) in [6.07, 6.45) is 1.69. The van der Waals surface area contributed by atoms with Crippen LogP contribution >= 0.6 is 0 Å². The van der Waals surface area contributed by atoms with Gasteiger partial charge in [-0.25, -0.2) is 0 Å². The molecule has 4 heteroatoms. The Morgan fingerprint density at radius 2 is 2.00 bits per heavy atom. The molecule has 0 bridgehead atoms. The Bertz CT molecular complexity index is 168. The number of nitrogens with zero attached hydrogens (tertiary/aromatic N) is 1. The fraction of sp³-hybridized carbons (Fsp3) is 0. The summed E-state index contributed by atoms with van der Waals surface area (Å²) >= 11 is 0. The van der Waals surface area contributed by atoms with Gasteiger partial charge < -0.3 is 24.0 Å². The summed E-state index contributed by atoms with van der Waals surface area (Å²) < 4.78 is 1.36. The van der Waals surface area contributed by atoms with Gasteiger partial charge in [0.25, 0.3) is 5.82 Å². The highest BCUT2D eigenvalue weighted by Crippen LogP contribution is 1.85. The highest BCUT2D eigenvalue weighted by atomic mass is 127. The molecule has 0 unspecified atom stereocenters. The van der Waals surface area contributed by atoms with Crippen LogP contribution in [0, 0.1) is 0 Å². The first-order valence-corrected chi connectivity index (χ1v) is 2.32. The Hall–Kier alpha value is -0.520. The van der Waals surface area contributed by atoms with Crippen LogP contribution in [0.5, 0.6) is 0 Å². The van der Waals surface area contributed by atoms with Gasteiger partial charge in [0.05, 0.1) is 0 Å². The average molecular weight is 237 g/mol. The lowest BCUT2D eigenvalue weighted by Gasteiger charge is -1.89. The van der Waals surface area contributed by atoms with E-state index in [4.69, 9.17) is 11.6 Å². The predicted octanol–water partition coefficient (Wildman–Crippen LogP) is -3.73. The number of aromatic nitrogens is 1. The summed E-state index contributed by atoms with van der Waals surface area (Å²) in [6.45, 7) is 0. The normalized spacial score (nSPS) is 8.00. The molecule has 3 nitrogen and oxygen atoms in total. The van der Waals surface area contributed by atoms with Crippen LogP contribution in [0.25, 0.3) is 0 Å². The third-order valence-electron chi connectivity index (χ3n) is 0.923. The molecule has 0 aliphatic carbocycles. The van der Waals surface area contributed by atoms with E-state index in [9.17, 15) is 0 Å². The molecule has 0 fully saturated rings. The van der Waals surface area contributed by atoms with Gasteiger partial charge in [-0.1, -0.05) is 6.07 Å². The number of rotatable bonds is 0. The van der Waals surface area contributed by atoms with Gasteiger partial charge in [-0.3, -0.25) is 11.6 Å². The molecule has 1 aromatic rings. The predicted molar refractivity (Wildman–Crippen MR) is 31.2 cm³/mol. The summed E-state index contributed by atoms with van der Waals surface area (Å²) in [4.78, 5) is 0. The zero-order valence-corrected chi connectivity index (χ0v) is 6.95. The molecule has 0 aliphatic heterocycles. The van der Waals surface area contributed by atoms with Crippen LogP contribution < -0.4 is 40.2 Å². The second-order valence-electron chi connectivity index (χ2n) is 1.53. The van der Waals surface area contributed by atoms with Crippen molar-refractivity contribution in [1.29, 1.82) is 0 Å². The number of nitrogens with two attached hydrogens (primary N) is 2. The molecule has 1 heterocycles. The van der Waals surface area contributed by atoms with Crippen molar-refractivity contribution in [2.45, 2.75) is 0 Å². The van der Waals surface area contributed by atoms with E-state index in [1.807, 2.05) is 12.1 Å². The highest BCUT2D eigenvalue weighted by molar-refractivity contribution is 5.18. The van der Waals surface area contributed by atoms with Crippen LogP contribution in [0.1, 0.15) is 0 Å². The van der Waals surface area contributed by atoms with Gasteiger partial charge in [0.2, 0.25) is 0 Å². The van der Waals surface area contributed by atoms with E-state index in [1.54, 1.807) is 12.3 Å². The fourth-order valence-corrected chi connectivity index (χ4v) is 0.469. The van der Waals surface area contributed by atoms with Crippen molar-refractivity contribution in [1.82, 2.24) is 0 Å². The zero-order chi connectivity index (χ0) is 5.98. The minimum Gasteiger partial charge on any atom is -1.00 e. The maximum atomic E-state index is 5.36. The molecule has 0 aromatic carbocycles. The highest BCUT2D eigenvalue weighted by Gasteiger charge is 1.91. The van der Waals surface area contributed by atoms with Crippen LogP contribution in [0.15, 0.2) is 24.4 Å². The van der Waals surface area contributed by atoms with Crippen molar-refractivity contribution >= 4 is 5.82 Å². The van der Waals surface area contributed by atoms with Crippen LogP contribution in [0.3, 0.4) is 0 Å². The molecule has 1 rings (SSSR count). The molecule has 0 saturated heterocycles. The van der Waals surface area contributed by atoms with E-state index < -0.39 is 0 Å². The third kappa shape index (κ3) is 2.05. The largest absolute Gasteiger partial charge is 1.00 e. The fourth-order valence-electron chi connectivity index (χ4n) is 0.469. The van der Waals surface area contributed by atoms with E-state index in [2.05, 4.69) is 0 Å². The van der Waals surface area contributed by atoms with E-state index in [-0.39, 0.29) is 24.0 Å². The average Bonchev–Trinajstić information content (AvgIpc) is 1.77. The van der Waals surface area contributed by atoms with Crippen molar-refractivity contribution in [3.05, 3.63) is 24.4 Å². The first-order valence-electron chi connectivity index (χ1n) is 2.32. The van der Waals surface area contributed by atoms with E-state index in [0.29, 0.717) is 5.82 Å². The van der Waals surface area contributed by atoms with Crippen molar-refractivity contribution in [3.8, 4) is 0 Å². The summed E-state index contributed by atoms with van der Waals surface area (Å²) in [5.41, 5.74) is 5.36. The Morgan fingerprint density at radius 3 is 2.33 bits per heavy atom. The standard InChI is InChI=1S/C5H7N3.HI/c6-5-3-1-2-4-8(5)7;/h1-4,6H,7H2;1H. The summed E-state index contributed by atoms with van der Waals surface area (Å²) in [5.74, 6) is 5.87. The van der Waals surface area contributed by atoms with Gasteiger partial charge in [0.15, 0.2) is 0 Å². The van der Waals surface area contributed by atoms with Crippen molar-refractivity contribution in [2.75, 3.05) is 11.6 Å². The van der Waals surface area contributed by atoms with Crippen LogP contribution in [0.2, 0.25) is 0 Å². The van der Waals surface area contributed by atoms with Crippen LogP contribution in [-0.2, 0) is 0 Å². The Kier molecular flexibility index (Phi) is 3.29. The smallest absolute Gasteiger partial charge is 0.295 e. The molecule has 0 spiro atoms. The summed E-state index contributed by atoms with van der Waals surface area (Å²) in [6, 6.07) is 5.38. The van der Waals surface area contributed by atoms with Gasteiger partial charge in [-0.05, 0) is 6.07 Å². The number of hydrogen-bond donors (Lipinski definition) is 2. The number of halogens is 1. The second-order valence-corrected chi connectivity index (χ2v) is 1.53. The Morgan fingerprint density at radius 1 is 1.33 bits per heavy atom. The van der Waals surface area contributed by atoms with E-state index in [0.717, 1.165) is 0 Å². The van der Waals surface area contributed by atoms with Gasteiger partial charge in [0.1, 0.15) is 6.20 Å². The minimum atomic E-state index is 0. The first kappa shape index (κ1) is 8.48. The molecule has 4 N–H and O–H groups in total. The van der Waals surface area contributed by atoms with Crippen molar-refractivity contribution < 1.29 is 28.7 Å². The maximum absolute atomic E-state index is 5.36. The Balaban J connectivity index is 0.000000640. The molecule has 0 amide bonds. The van der Waals surface area contributed by atoms with Gasteiger partial charge in [-0.15, -0.1) is 4.68 Å². The quantitative estimate of drug-likeness (QED) is 0.277. The molecular formula is C5H8IN3. The van der Waals surface area contributed by atoms with Crippen molar-refractivity contribution in [2.24, 2.45) is 0 Å². The van der Waals surface area contributed by atoms with E-state index >= 15 is 0 Å². The summed E-state index contributed by atoms with van der Waals surface area (Å²) in [7, 11) is 0. The molecule has 0 saturated carbocycles. The monoisotopic (exact) mass is 237 g/mol. The molecule has 0 aliphatic rings. The molecule has 50 valence electrons. The zero-order valence-electron chi connectivity index (χ0n) is 4.79. The second kappa shape index (κ2) is 3.49. The minimum absolute atomic E-state index is 0. The summed E-state index contributed by atoms with van der Waals surface area (Å²) in [5, 5.41) is 0. The molecule has 9 heavy (non-hydrogen) atoms. The molecule has 1 aromatic heterocycles. The first-order chi connectivity index (χ1) is 3.80. The van der Waals surface area contributed by atoms with Gasteiger partial charge in [-0.2, -0.15) is 0 Å². The molecule has 0 atom stereocenters. The van der Waals surface area contributed by atoms with Crippen molar-refractivity contribution in [3.63, 3.8) is 0 Å². The maximum Gasteiger partial charge on any atom is 0.295 e. The number of hydrogen-bond acceptors (Lipinski definition) is 2. The van der Waals surface area contributed by atoms with Crippen LogP contribution in [0.4, 0.5) is 5.82 Å². The number of anilines is 1. The SMILES string of the molecule is Nc1cccc[n+]1N.[I-]. The lowest BCUT2D eigenvalue weighted by atomic mass is 10.5. The molecule has 0 radical (unpaired) electrons. The topological polar surface area (TPSA) is 55.9 Å². The van der Waals surface area contributed by atoms with Gasteiger partial charge in [0, 0.05) is 6.07 Å². The van der Waals surface area contributed by atoms with Gasteiger partial charge >= 0.3 is 0 Å². The third-order valence-corrected chi connectivity index (χ3v) is 0.923. The van der Waals surface area contributed by atoms with E-state index in [1.165, 1.54) is 4.68 Å².